The molecule has 0 aliphatic rings. The van der Waals surface area contributed by atoms with Crippen molar-refractivity contribution in [1.29, 1.82) is 0 Å². The number of alkyl halides is 3. The van der Waals surface area contributed by atoms with E-state index in [1.54, 1.807) is 23.2 Å². The van der Waals surface area contributed by atoms with Crippen molar-refractivity contribution in [2.45, 2.75) is 19.1 Å². The van der Waals surface area contributed by atoms with Crippen LogP contribution in [0, 0.1) is 0 Å². The van der Waals surface area contributed by atoms with Crippen molar-refractivity contribution in [3.05, 3.63) is 53.6 Å². The Kier molecular flexibility index (Phi) is 3.90. The van der Waals surface area contributed by atoms with E-state index in [2.05, 4.69) is 4.98 Å². The molecule has 0 fully saturated rings. The lowest BCUT2D eigenvalue weighted by molar-refractivity contribution is -0.137. The number of aromatic nitrogens is 2. The molecule has 0 saturated carbocycles. The van der Waals surface area contributed by atoms with Crippen LogP contribution < -0.4 is 5.73 Å². The molecule has 3 nitrogen and oxygen atoms in total. The fourth-order valence-corrected chi connectivity index (χ4v) is 1.83. The van der Waals surface area contributed by atoms with Gasteiger partial charge >= 0.3 is 6.18 Å². The molecule has 102 valence electrons. The first-order valence-corrected chi connectivity index (χ1v) is 5.86. The Morgan fingerprint density at radius 1 is 1.26 bits per heavy atom. The molecule has 0 bridgehead atoms. The van der Waals surface area contributed by atoms with Crippen LogP contribution in [0.5, 0.6) is 0 Å². The van der Waals surface area contributed by atoms with E-state index in [9.17, 15) is 13.2 Å². The van der Waals surface area contributed by atoms with Gasteiger partial charge in [-0.1, -0.05) is 12.1 Å². The van der Waals surface area contributed by atoms with E-state index in [-0.39, 0.29) is 0 Å². The van der Waals surface area contributed by atoms with E-state index in [0.717, 1.165) is 17.8 Å². The summed E-state index contributed by atoms with van der Waals surface area (Å²) in [5.74, 6) is 0. The van der Waals surface area contributed by atoms with Crippen molar-refractivity contribution < 1.29 is 13.2 Å². The number of hydrogen-bond acceptors (Lipinski definition) is 2. The molecule has 0 amide bonds. The van der Waals surface area contributed by atoms with Gasteiger partial charge in [-0.25, -0.2) is 4.98 Å². The molecule has 0 aliphatic carbocycles. The summed E-state index contributed by atoms with van der Waals surface area (Å²) in [5, 5.41) is 0. The summed E-state index contributed by atoms with van der Waals surface area (Å²) in [4.78, 5) is 4.13. The zero-order valence-corrected chi connectivity index (χ0v) is 10.2. The number of nitrogens with zero attached hydrogens (tertiary/aromatic N) is 2. The minimum atomic E-state index is -4.31. The summed E-state index contributed by atoms with van der Waals surface area (Å²) in [5.41, 5.74) is 6.22. The second-order valence-corrected chi connectivity index (χ2v) is 4.27. The first-order chi connectivity index (χ1) is 8.99. The van der Waals surface area contributed by atoms with E-state index in [0.29, 0.717) is 25.1 Å². The maximum atomic E-state index is 12.6. The van der Waals surface area contributed by atoms with Gasteiger partial charge in [-0.3, -0.25) is 0 Å². The van der Waals surface area contributed by atoms with Crippen LogP contribution in [0.2, 0.25) is 0 Å². The van der Waals surface area contributed by atoms with Gasteiger partial charge in [-0.15, -0.1) is 0 Å². The summed E-state index contributed by atoms with van der Waals surface area (Å²) in [6.45, 7) is 0.863. The molecule has 2 N–H and O–H groups in total. The van der Waals surface area contributed by atoms with E-state index in [1.165, 1.54) is 6.07 Å². The number of halogens is 3. The summed E-state index contributed by atoms with van der Waals surface area (Å²) >= 11 is 0. The smallest absolute Gasteiger partial charge is 0.333 e. The van der Waals surface area contributed by atoms with Gasteiger partial charge in [-0.05, 0) is 24.2 Å². The second kappa shape index (κ2) is 5.44. The number of benzene rings is 1. The molecule has 1 aromatic heterocycles. The van der Waals surface area contributed by atoms with E-state index >= 15 is 0 Å². The van der Waals surface area contributed by atoms with Crippen LogP contribution in [0.1, 0.15) is 16.8 Å². The van der Waals surface area contributed by atoms with Gasteiger partial charge in [0.15, 0.2) is 0 Å². The second-order valence-electron chi connectivity index (χ2n) is 4.27. The third-order valence-electron chi connectivity index (χ3n) is 2.71. The van der Waals surface area contributed by atoms with E-state index in [1.807, 2.05) is 0 Å². The predicted molar refractivity (Wildman–Crippen MR) is 65.5 cm³/mol. The average molecular weight is 269 g/mol. The summed E-state index contributed by atoms with van der Waals surface area (Å²) in [7, 11) is 0. The normalized spacial score (nSPS) is 11.8. The highest BCUT2D eigenvalue weighted by atomic mass is 19.4. The fraction of sp³-hybridized carbons (Fsp3) is 0.308. The van der Waals surface area contributed by atoms with Gasteiger partial charge in [0.2, 0.25) is 0 Å². The Labute approximate surface area is 108 Å². The highest BCUT2D eigenvalue weighted by Gasteiger charge is 2.30. The number of rotatable bonds is 4. The Balaban J connectivity index is 2.14. The summed E-state index contributed by atoms with van der Waals surface area (Å²) < 4.78 is 39.5. The molecule has 2 aromatic rings. The molecule has 19 heavy (non-hydrogen) atoms. The van der Waals surface area contributed by atoms with E-state index in [4.69, 9.17) is 5.73 Å². The number of nitrogens with two attached hydrogens (primary N) is 1. The van der Waals surface area contributed by atoms with Crippen LogP contribution in [0.15, 0.2) is 36.8 Å². The molecule has 0 aliphatic heterocycles. The highest BCUT2D eigenvalue weighted by Crippen LogP contribution is 2.29. The largest absolute Gasteiger partial charge is 0.416 e. The molecule has 0 radical (unpaired) electrons. The van der Waals surface area contributed by atoms with Gasteiger partial charge in [0.1, 0.15) is 0 Å². The molecule has 0 saturated heterocycles. The van der Waals surface area contributed by atoms with Crippen molar-refractivity contribution in [3.63, 3.8) is 0 Å². The van der Waals surface area contributed by atoms with Gasteiger partial charge in [-0.2, -0.15) is 13.2 Å². The minimum absolute atomic E-state index is 0.363. The summed E-state index contributed by atoms with van der Waals surface area (Å²) in [6.07, 6.45) is -0.246. The molecule has 6 heteroatoms. The standard InChI is InChI=1S/C13H14F3N3/c14-13(15,16)11-3-1-2-10(6-11)7-19-8-12(4-5-17)18-9-19/h1-3,6,8-9H,4-5,7,17H2. The van der Waals surface area contributed by atoms with Crippen LogP contribution in [0.4, 0.5) is 13.2 Å². The van der Waals surface area contributed by atoms with Gasteiger partial charge in [0.05, 0.1) is 17.6 Å². The molecule has 0 atom stereocenters. The van der Waals surface area contributed by atoms with Crippen molar-refractivity contribution >= 4 is 0 Å². The van der Waals surface area contributed by atoms with Crippen LogP contribution in [0.25, 0.3) is 0 Å². The van der Waals surface area contributed by atoms with Crippen molar-refractivity contribution in [2.24, 2.45) is 5.73 Å². The Morgan fingerprint density at radius 2 is 2.05 bits per heavy atom. The molecule has 2 rings (SSSR count). The molecule has 0 spiro atoms. The first kappa shape index (κ1) is 13.6. The SMILES string of the molecule is NCCc1cn(Cc2cccc(C(F)(F)F)c2)cn1. The van der Waals surface area contributed by atoms with Crippen LogP contribution in [-0.4, -0.2) is 16.1 Å². The zero-order chi connectivity index (χ0) is 13.9. The Morgan fingerprint density at radius 3 is 2.74 bits per heavy atom. The topological polar surface area (TPSA) is 43.8 Å². The lowest BCUT2D eigenvalue weighted by Gasteiger charge is -2.09. The molecule has 1 heterocycles. The van der Waals surface area contributed by atoms with Crippen molar-refractivity contribution in [3.8, 4) is 0 Å². The lowest BCUT2D eigenvalue weighted by Crippen LogP contribution is -2.06. The highest BCUT2D eigenvalue weighted by molar-refractivity contribution is 5.26. The van der Waals surface area contributed by atoms with Crippen molar-refractivity contribution in [2.75, 3.05) is 6.54 Å². The molecule has 0 unspecified atom stereocenters. The van der Waals surface area contributed by atoms with Crippen LogP contribution >= 0.6 is 0 Å². The monoisotopic (exact) mass is 269 g/mol. The Bertz CT molecular complexity index is 546. The maximum absolute atomic E-state index is 12.6. The van der Waals surface area contributed by atoms with Gasteiger partial charge in [0, 0.05) is 19.2 Å². The molecule has 1 aromatic carbocycles. The van der Waals surface area contributed by atoms with Gasteiger partial charge < -0.3 is 10.3 Å². The average Bonchev–Trinajstić information content (AvgIpc) is 2.76. The molecular weight excluding hydrogens is 255 g/mol. The van der Waals surface area contributed by atoms with Crippen molar-refractivity contribution in [1.82, 2.24) is 9.55 Å². The van der Waals surface area contributed by atoms with Crippen LogP contribution in [-0.2, 0) is 19.1 Å². The van der Waals surface area contributed by atoms with Crippen LogP contribution in [0.3, 0.4) is 0 Å². The number of hydrogen-bond donors (Lipinski definition) is 1. The van der Waals surface area contributed by atoms with E-state index < -0.39 is 11.7 Å². The number of imidazole rings is 1. The minimum Gasteiger partial charge on any atom is -0.333 e. The first-order valence-electron chi connectivity index (χ1n) is 5.86. The lowest BCUT2D eigenvalue weighted by atomic mass is 10.1. The molecular formula is C13H14F3N3. The zero-order valence-electron chi connectivity index (χ0n) is 10.2. The maximum Gasteiger partial charge on any atom is 0.416 e. The summed E-state index contributed by atoms with van der Waals surface area (Å²) in [6, 6.07) is 5.30. The predicted octanol–water partition coefficient (Wildman–Crippen LogP) is 2.45. The third-order valence-corrected chi connectivity index (χ3v) is 2.71. The fourth-order valence-electron chi connectivity index (χ4n) is 1.83. The Hall–Kier alpha value is -1.82. The third kappa shape index (κ3) is 3.57. The van der Waals surface area contributed by atoms with Gasteiger partial charge in [0.25, 0.3) is 0 Å². The quantitative estimate of drug-likeness (QED) is 0.926.